The zero-order valence-corrected chi connectivity index (χ0v) is 12.2. The van der Waals surface area contributed by atoms with Gasteiger partial charge in [-0.15, -0.1) is 0 Å². The number of hydrogen-bond acceptors (Lipinski definition) is 3. The Labute approximate surface area is 114 Å². The fraction of sp³-hybridized carbons (Fsp3) is 0.571. The SMILES string of the molecule is CCCn1cc(NCc2cnn(C(C)C)c2)c(C)n1. The van der Waals surface area contributed by atoms with Gasteiger partial charge in [0.1, 0.15) is 0 Å². The summed E-state index contributed by atoms with van der Waals surface area (Å²) in [4.78, 5) is 0. The van der Waals surface area contributed by atoms with E-state index in [-0.39, 0.29) is 0 Å². The molecule has 0 amide bonds. The van der Waals surface area contributed by atoms with Crippen LogP contribution in [0.5, 0.6) is 0 Å². The predicted molar refractivity (Wildman–Crippen MR) is 77.2 cm³/mol. The van der Waals surface area contributed by atoms with Gasteiger partial charge in [-0.3, -0.25) is 9.36 Å². The van der Waals surface area contributed by atoms with E-state index >= 15 is 0 Å². The fourth-order valence-electron chi connectivity index (χ4n) is 1.98. The van der Waals surface area contributed by atoms with Crippen LogP contribution >= 0.6 is 0 Å². The number of hydrogen-bond donors (Lipinski definition) is 1. The first kappa shape index (κ1) is 13.6. The number of aromatic nitrogens is 4. The quantitative estimate of drug-likeness (QED) is 0.869. The second-order valence-electron chi connectivity index (χ2n) is 5.17. The molecule has 0 aliphatic rings. The average molecular weight is 261 g/mol. The highest BCUT2D eigenvalue weighted by Crippen LogP contribution is 2.14. The molecule has 1 N–H and O–H groups in total. The van der Waals surface area contributed by atoms with Gasteiger partial charge in [-0.05, 0) is 27.2 Å². The lowest BCUT2D eigenvalue weighted by molar-refractivity contribution is 0.532. The summed E-state index contributed by atoms with van der Waals surface area (Å²) >= 11 is 0. The van der Waals surface area contributed by atoms with Crippen molar-refractivity contribution in [3.63, 3.8) is 0 Å². The Hall–Kier alpha value is -1.78. The Bertz CT molecular complexity index is 524. The van der Waals surface area contributed by atoms with Crippen LogP contribution in [0.25, 0.3) is 0 Å². The van der Waals surface area contributed by atoms with Gasteiger partial charge in [0.05, 0.1) is 17.6 Å². The first-order chi connectivity index (χ1) is 9.10. The van der Waals surface area contributed by atoms with Crippen molar-refractivity contribution >= 4 is 5.69 Å². The summed E-state index contributed by atoms with van der Waals surface area (Å²) in [5, 5.41) is 12.2. The molecular formula is C14H23N5. The van der Waals surface area contributed by atoms with Crippen LogP contribution in [0, 0.1) is 6.92 Å². The predicted octanol–water partition coefficient (Wildman–Crippen LogP) is 2.99. The molecule has 0 aliphatic carbocycles. The van der Waals surface area contributed by atoms with Crippen LogP contribution in [0.3, 0.4) is 0 Å². The maximum absolute atomic E-state index is 4.48. The Morgan fingerprint density at radius 1 is 1.32 bits per heavy atom. The Kier molecular flexibility index (Phi) is 4.24. The monoisotopic (exact) mass is 261 g/mol. The normalized spacial score (nSPS) is 11.2. The molecule has 0 radical (unpaired) electrons. The topological polar surface area (TPSA) is 47.7 Å². The number of anilines is 1. The van der Waals surface area contributed by atoms with Gasteiger partial charge < -0.3 is 5.32 Å². The molecule has 0 bridgehead atoms. The molecule has 0 aromatic carbocycles. The molecule has 2 aromatic rings. The van der Waals surface area contributed by atoms with Crippen molar-refractivity contribution in [1.29, 1.82) is 0 Å². The van der Waals surface area contributed by atoms with Crippen LogP contribution < -0.4 is 5.32 Å². The van der Waals surface area contributed by atoms with E-state index in [1.165, 1.54) is 5.56 Å². The molecule has 19 heavy (non-hydrogen) atoms. The molecule has 0 unspecified atom stereocenters. The van der Waals surface area contributed by atoms with E-state index in [1.54, 1.807) is 0 Å². The second-order valence-corrected chi connectivity index (χ2v) is 5.17. The molecule has 104 valence electrons. The van der Waals surface area contributed by atoms with Crippen LogP contribution in [0.4, 0.5) is 5.69 Å². The van der Waals surface area contributed by atoms with Gasteiger partial charge in [0.2, 0.25) is 0 Å². The molecule has 2 aromatic heterocycles. The first-order valence-electron chi connectivity index (χ1n) is 6.91. The zero-order chi connectivity index (χ0) is 13.8. The Morgan fingerprint density at radius 3 is 2.74 bits per heavy atom. The number of rotatable bonds is 6. The average Bonchev–Trinajstić information content (AvgIpc) is 2.94. The van der Waals surface area contributed by atoms with Crippen molar-refractivity contribution in [3.05, 3.63) is 29.8 Å². The van der Waals surface area contributed by atoms with Crippen LogP contribution in [-0.4, -0.2) is 19.6 Å². The van der Waals surface area contributed by atoms with Crippen molar-refractivity contribution < 1.29 is 0 Å². The zero-order valence-electron chi connectivity index (χ0n) is 12.2. The highest BCUT2D eigenvalue weighted by Gasteiger charge is 2.05. The van der Waals surface area contributed by atoms with Crippen LogP contribution in [-0.2, 0) is 13.1 Å². The molecule has 0 fully saturated rings. The van der Waals surface area contributed by atoms with Crippen molar-refractivity contribution in [2.45, 2.75) is 53.2 Å². The van der Waals surface area contributed by atoms with E-state index < -0.39 is 0 Å². The molecule has 0 saturated carbocycles. The van der Waals surface area contributed by atoms with Gasteiger partial charge in [-0.1, -0.05) is 6.92 Å². The molecule has 2 heterocycles. The van der Waals surface area contributed by atoms with Gasteiger partial charge in [-0.2, -0.15) is 10.2 Å². The van der Waals surface area contributed by atoms with E-state index in [1.807, 2.05) is 22.5 Å². The Morgan fingerprint density at radius 2 is 2.11 bits per heavy atom. The minimum absolute atomic E-state index is 0.405. The van der Waals surface area contributed by atoms with Gasteiger partial charge in [0.25, 0.3) is 0 Å². The maximum Gasteiger partial charge on any atom is 0.0825 e. The number of nitrogens with one attached hydrogen (secondary N) is 1. The van der Waals surface area contributed by atoms with E-state index in [9.17, 15) is 0 Å². The van der Waals surface area contributed by atoms with Gasteiger partial charge in [-0.25, -0.2) is 0 Å². The summed E-state index contributed by atoms with van der Waals surface area (Å²) in [5.41, 5.74) is 3.34. The van der Waals surface area contributed by atoms with E-state index in [0.717, 1.165) is 30.9 Å². The summed E-state index contributed by atoms with van der Waals surface area (Å²) < 4.78 is 3.97. The largest absolute Gasteiger partial charge is 0.378 e. The number of nitrogens with zero attached hydrogens (tertiary/aromatic N) is 4. The Balaban J connectivity index is 1.97. The smallest absolute Gasteiger partial charge is 0.0825 e. The summed E-state index contributed by atoms with van der Waals surface area (Å²) in [6.45, 7) is 10.2. The minimum Gasteiger partial charge on any atom is -0.378 e. The second kappa shape index (κ2) is 5.91. The number of aryl methyl sites for hydroxylation is 2. The van der Waals surface area contributed by atoms with Gasteiger partial charge in [0, 0.05) is 37.1 Å². The molecule has 2 rings (SSSR count). The third kappa shape index (κ3) is 3.36. The molecule has 0 aliphatic heterocycles. The van der Waals surface area contributed by atoms with E-state index in [0.29, 0.717) is 6.04 Å². The summed E-state index contributed by atoms with van der Waals surface area (Å²) in [6.07, 6.45) is 7.18. The first-order valence-corrected chi connectivity index (χ1v) is 6.91. The van der Waals surface area contributed by atoms with Crippen molar-refractivity contribution in [3.8, 4) is 0 Å². The lowest BCUT2D eigenvalue weighted by Crippen LogP contribution is -2.01. The van der Waals surface area contributed by atoms with Crippen LogP contribution in [0.1, 0.15) is 44.5 Å². The maximum atomic E-state index is 4.48. The van der Waals surface area contributed by atoms with Crippen molar-refractivity contribution in [2.24, 2.45) is 0 Å². The van der Waals surface area contributed by atoms with Crippen LogP contribution in [0.15, 0.2) is 18.6 Å². The summed E-state index contributed by atoms with van der Waals surface area (Å²) in [6, 6.07) is 0.405. The molecule has 0 atom stereocenters. The van der Waals surface area contributed by atoms with E-state index in [2.05, 4.69) is 48.7 Å². The standard InChI is InChI=1S/C14H23N5/c1-5-6-18-10-14(12(4)17-18)15-7-13-8-16-19(9-13)11(2)3/h8-11,15H,5-7H2,1-4H3. The molecular weight excluding hydrogens is 238 g/mol. The van der Waals surface area contributed by atoms with Crippen LogP contribution in [0.2, 0.25) is 0 Å². The molecule has 0 saturated heterocycles. The van der Waals surface area contributed by atoms with E-state index in [4.69, 9.17) is 0 Å². The molecule has 5 heteroatoms. The highest BCUT2D eigenvalue weighted by molar-refractivity contribution is 5.45. The third-order valence-electron chi connectivity index (χ3n) is 3.07. The minimum atomic E-state index is 0.405. The van der Waals surface area contributed by atoms with Crippen molar-refractivity contribution in [1.82, 2.24) is 19.6 Å². The van der Waals surface area contributed by atoms with Gasteiger partial charge >= 0.3 is 0 Å². The lowest BCUT2D eigenvalue weighted by atomic mass is 10.3. The summed E-state index contributed by atoms with van der Waals surface area (Å²) in [5.74, 6) is 0. The third-order valence-corrected chi connectivity index (χ3v) is 3.07. The molecule has 5 nitrogen and oxygen atoms in total. The molecule has 0 spiro atoms. The lowest BCUT2D eigenvalue weighted by Gasteiger charge is -2.04. The highest BCUT2D eigenvalue weighted by atomic mass is 15.3. The van der Waals surface area contributed by atoms with Gasteiger partial charge in [0.15, 0.2) is 0 Å². The van der Waals surface area contributed by atoms with Crippen molar-refractivity contribution in [2.75, 3.05) is 5.32 Å². The summed E-state index contributed by atoms with van der Waals surface area (Å²) in [7, 11) is 0. The fourth-order valence-corrected chi connectivity index (χ4v) is 1.98.